The third kappa shape index (κ3) is 4.71. The van der Waals surface area contributed by atoms with E-state index in [9.17, 15) is 13.2 Å². The highest BCUT2D eigenvalue weighted by Crippen LogP contribution is 2.24. The van der Waals surface area contributed by atoms with E-state index in [1.807, 2.05) is 6.07 Å². The lowest BCUT2D eigenvalue weighted by molar-refractivity contribution is -0.142. The SMILES string of the molecule is COC(=O)COc1ccc(S(=O)(=O)Nc2cccc(C#N)c2)cc1C. The molecule has 1 N–H and O–H groups in total. The van der Waals surface area contributed by atoms with E-state index in [-0.39, 0.29) is 11.5 Å². The topological polar surface area (TPSA) is 105 Å². The van der Waals surface area contributed by atoms with Gasteiger partial charge < -0.3 is 9.47 Å². The zero-order chi connectivity index (χ0) is 18.4. The molecule has 0 aliphatic rings. The van der Waals surface area contributed by atoms with Crippen molar-refractivity contribution in [1.82, 2.24) is 0 Å². The fraction of sp³-hybridized carbons (Fsp3) is 0.176. The summed E-state index contributed by atoms with van der Waals surface area (Å²) < 4.78 is 37.1. The molecule has 0 atom stereocenters. The molecule has 0 aliphatic heterocycles. The molecule has 0 unspecified atom stereocenters. The number of carbonyl (C=O) groups excluding carboxylic acids is 1. The molecule has 0 spiro atoms. The maximum absolute atomic E-state index is 12.5. The van der Waals surface area contributed by atoms with Crippen molar-refractivity contribution in [3.63, 3.8) is 0 Å². The lowest BCUT2D eigenvalue weighted by Gasteiger charge is -2.12. The minimum Gasteiger partial charge on any atom is -0.482 e. The van der Waals surface area contributed by atoms with Crippen molar-refractivity contribution >= 4 is 21.7 Å². The van der Waals surface area contributed by atoms with Gasteiger partial charge in [-0.1, -0.05) is 6.07 Å². The van der Waals surface area contributed by atoms with Gasteiger partial charge in [0.25, 0.3) is 10.0 Å². The highest BCUT2D eigenvalue weighted by molar-refractivity contribution is 7.92. The number of benzene rings is 2. The number of sulfonamides is 1. The number of rotatable bonds is 6. The van der Waals surface area contributed by atoms with Crippen LogP contribution in [0.5, 0.6) is 5.75 Å². The van der Waals surface area contributed by atoms with E-state index in [0.717, 1.165) is 0 Å². The Morgan fingerprint density at radius 2 is 2.00 bits per heavy atom. The standard InChI is InChI=1S/C17H16N2O5S/c1-12-8-15(6-7-16(12)24-11-17(20)23-2)25(21,22)19-14-5-3-4-13(9-14)10-18/h3-9,19H,11H2,1-2H3. The number of nitrogens with one attached hydrogen (secondary N) is 1. The Morgan fingerprint density at radius 3 is 2.64 bits per heavy atom. The average molecular weight is 360 g/mol. The van der Waals surface area contributed by atoms with Crippen LogP contribution >= 0.6 is 0 Å². The van der Waals surface area contributed by atoms with Gasteiger partial charge in [0.2, 0.25) is 0 Å². The summed E-state index contributed by atoms with van der Waals surface area (Å²) in [7, 11) is -2.57. The first-order valence-electron chi connectivity index (χ1n) is 7.19. The van der Waals surface area contributed by atoms with Crippen LogP contribution in [0, 0.1) is 18.3 Å². The van der Waals surface area contributed by atoms with Gasteiger partial charge in [-0.2, -0.15) is 5.26 Å². The fourth-order valence-corrected chi connectivity index (χ4v) is 3.15. The Morgan fingerprint density at radius 1 is 1.24 bits per heavy atom. The molecule has 130 valence electrons. The van der Waals surface area contributed by atoms with Gasteiger partial charge in [-0.05, 0) is 48.9 Å². The summed E-state index contributed by atoms with van der Waals surface area (Å²) in [6.07, 6.45) is 0. The largest absolute Gasteiger partial charge is 0.482 e. The third-order valence-electron chi connectivity index (χ3n) is 3.27. The Hall–Kier alpha value is -3.05. The van der Waals surface area contributed by atoms with Gasteiger partial charge in [-0.15, -0.1) is 0 Å². The first kappa shape index (κ1) is 18.3. The monoisotopic (exact) mass is 360 g/mol. The number of hydrogen-bond acceptors (Lipinski definition) is 6. The zero-order valence-electron chi connectivity index (χ0n) is 13.6. The molecule has 0 aliphatic carbocycles. The van der Waals surface area contributed by atoms with E-state index < -0.39 is 16.0 Å². The van der Waals surface area contributed by atoms with Crippen LogP contribution in [-0.4, -0.2) is 28.1 Å². The molecular formula is C17H16N2O5S. The maximum Gasteiger partial charge on any atom is 0.343 e. The van der Waals surface area contributed by atoms with Crippen molar-refractivity contribution < 1.29 is 22.7 Å². The van der Waals surface area contributed by atoms with Crippen molar-refractivity contribution in [3.05, 3.63) is 53.6 Å². The van der Waals surface area contributed by atoms with E-state index >= 15 is 0 Å². The molecule has 0 saturated carbocycles. The van der Waals surface area contributed by atoms with Gasteiger partial charge in [-0.3, -0.25) is 4.72 Å². The van der Waals surface area contributed by atoms with Gasteiger partial charge in [0, 0.05) is 0 Å². The predicted octanol–water partition coefficient (Wildman–Crippen LogP) is 2.22. The van der Waals surface area contributed by atoms with E-state index in [2.05, 4.69) is 9.46 Å². The minimum atomic E-state index is -3.82. The molecule has 2 rings (SSSR count). The van der Waals surface area contributed by atoms with E-state index in [0.29, 0.717) is 22.6 Å². The van der Waals surface area contributed by atoms with Crippen molar-refractivity contribution in [1.29, 1.82) is 5.26 Å². The van der Waals surface area contributed by atoms with Crippen LogP contribution in [0.25, 0.3) is 0 Å². The average Bonchev–Trinajstić information content (AvgIpc) is 2.60. The Kier molecular flexibility index (Phi) is 5.62. The molecule has 0 heterocycles. The number of methoxy groups -OCH3 is 1. The van der Waals surface area contributed by atoms with E-state index in [4.69, 9.17) is 10.00 Å². The number of ether oxygens (including phenoxy) is 2. The number of hydrogen-bond donors (Lipinski definition) is 1. The van der Waals surface area contributed by atoms with Gasteiger partial charge in [-0.25, -0.2) is 13.2 Å². The van der Waals surface area contributed by atoms with Crippen LogP contribution in [0.4, 0.5) is 5.69 Å². The van der Waals surface area contributed by atoms with Crippen molar-refractivity contribution in [3.8, 4) is 11.8 Å². The van der Waals surface area contributed by atoms with E-state index in [1.54, 1.807) is 25.1 Å². The van der Waals surface area contributed by atoms with Crippen LogP contribution in [0.15, 0.2) is 47.4 Å². The molecule has 0 saturated heterocycles. The zero-order valence-corrected chi connectivity index (χ0v) is 14.5. The molecule has 0 radical (unpaired) electrons. The highest BCUT2D eigenvalue weighted by Gasteiger charge is 2.16. The number of nitrogens with zero attached hydrogens (tertiary/aromatic N) is 1. The normalized spacial score (nSPS) is 10.6. The quantitative estimate of drug-likeness (QED) is 0.792. The van der Waals surface area contributed by atoms with Crippen molar-refractivity contribution in [2.75, 3.05) is 18.4 Å². The maximum atomic E-state index is 12.5. The van der Waals surface area contributed by atoms with Crippen LogP contribution in [0.1, 0.15) is 11.1 Å². The second-order valence-electron chi connectivity index (χ2n) is 5.09. The summed E-state index contributed by atoms with van der Waals surface area (Å²) in [6, 6.07) is 12.4. The summed E-state index contributed by atoms with van der Waals surface area (Å²) >= 11 is 0. The summed E-state index contributed by atoms with van der Waals surface area (Å²) in [5.41, 5.74) is 1.20. The summed E-state index contributed by atoms with van der Waals surface area (Å²) in [6.45, 7) is 1.41. The molecule has 0 bridgehead atoms. The molecule has 0 fully saturated rings. The lowest BCUT2D eigenvalue weighted by Crippen LogP contribution is -2.15. The molecule has 0 aromatic heterocycles. The molecule has 7 nitrogen and oxygen atoms in total. The van der Waals surface area contributed by atoms with Gasteiger partial charge in [0.1, 0.15) is 5.75 Å². The van der Waals surface area contributed by atoms with Crippen molar-refractivity contribution in [2.24, 2.45) is 0 Å². The number of anilines is 1. The molecule has 0 amide bonds. The third-order valence-corrected chi connectivity index (χ3v) is 4.65. The highest BCUT2D eigenvalue weighted by atomic mass is 32.2. The van der Waals surface area contributed by atoms with Crippen LogP contribution < -0.4 is 9.46 Å². The Labute approximate surface area is 145 Å². The summed E-state index contributed by atoms with van der Waals surface area (Å²) in [5.74, 6) is -0.147. The molecule has 25 heavy (non-hydrogen) atoms. The molecule has 8 heteroatoms. The van der Waals surface area contributed by atoms with E-state index in [1.165, 1.54) is 31.4 Å². The molecular weight excluding hydrogens is 344 g/mol. The number of carbonyl (C=O) groups is 1. The van der Waals surface area contributed by atoms with Gasteiger partial charge in [0.15, 0.2) is 6.61 Å². The molecule has 2 aromatic carbocycles. The molecule has 2 aromatic rings. The first-order chi connectivity index (χ1) is 11.9. The Balaban J connectivity index is 2.20. The fourth-order valence-electron chi connectivity index (χ4n) is 2.01. The van der Waals surface area contributed by atoms with Gasteiger partial charge >= 0.3 is 5.97 Å². The second kappa shape index (κ2) is 7.68. The van der Waals surface area contributed by atoms with Crippen molar-refractivity contribution in [2.45, 2.75) is 11.8 Å². The van der Waals surface area contributed by atoms with Crippen LogP contribution in [0.3, 0.4) is 0 Å². The summed E-state index contributed by atoms with van der Waals surface area (Å²) in [4.78, 5) is 11.1. The second-order valence-corrected chi connectivity index (χ2v) is 6.77. The Bertz CT molecular complexity index is 932. The summed E-state index contributed by atoms with van der Waals surface area (Å²) in [5, 5.41) is 8.88. The smallest absolute Gasteiger partial charge is 0.343 e. The number of esters is 1. The van der Waals surface area contributed by atoms with Gasteiger partial charge in [0.05, 0.1) is 29.3 Å². The predicted molar refractivity (Wildman–Crippen MR) is 90.7 cm³/mol. The first-order valence-corrected chi connectivity index (χ1v) is 8.67. The lowest BCUT2D eigenvalue weighted by atomic mass is 10.2. The van der Waals surface area contributed by atoms with Crippen LogP contribution in [0.2, 0.25) is 0 Å². The van der Waals surface area contributed by atoms with Crippen LogP contribution in [-0.2, 0) is 19.6 Å². The minimum absolute atomic E-state index is 0.0396. The number of aryl methyl sites for hydroxylation is 1. The number of nitriles is 1.